The maximum absolute atomic E-state index is 12.6. The molecule has 2 heterocycles. The third-order valence-corrected chi connectivity index (χ3v) is 5.79. The lowest BCUT2D eigenvalue weighted by Crippen LogP contribution is -3.29. The number of nitrogens with one attached hydrogen (secondary N) is 3. The van der Waals surface area contributed by atoms with Crippen molar-refractivity contribution in [1.82, 2.24) is 0 Å². The minimum absolute atomic E-state index is 0.0144. The summed E-state index contributed by atoms with van der Waals surface area (Å²) < 4.78 is 0. The summed E-state index contributed by atoms with van der Waals surface area (Å²) in [6.45, 7) is 7.22. The first-order valence-corrected chi connectivity index (χ1v) is 9.56. The molecule has 0 aliphatic carbocycles. The molecule has 25 heavy (non-hydrogen) atoms. The number of carbonyl (C=O) groups excluding carboxylic acids is 1. The highest BCUT2D eigenvalue weighted by atomic mass is 32.1. The third kappa shape index (κ3) is 4.45. The van der Waals surface area contributed by atoms with Crippen molar-refractivity contribution in [3.63, 3.8) is 0 Å². The molecule has 1 aliphatic rings. The second-order valence-electron chi connectivity index (χ2n) is 6.53. The van der Waals surface area contributed by atoms with Crippen LogP contribution in [-0.2, 0) is 11.3 Å². The van der Waals surface area contributed by atoms with Crippen molar-refractivity contribution in [2.45, 2.75) is 19.5 Å². The first-order valence-electron chi connectivity index (χ1n) is 8.68. The number of nitrogens with zero attached hydrogens (tertiary/aromatic N) is 1. The zero-order valence-corrected chi connectivity index (χ0v) is 15.2. The zero-order chi connectivity index (χ0) is 17.6. The Morgan fingerprint density at radius 2 is 2.00 bits per heavy atom. The van der Waals surface area contributed by atoms with Crippen LogP contribution in [0.2, 0.25) is 0 Å². The van der Waals surface area contributed by atoms with Gasteiger partial charge in [0.05, 0.1) is 16.1 Å². The van der Waals surface area contributed by atoms with Gasteiger partial charge in [-0.1, -0.05) is 18.2 Å². The summed E-state index contributed by atoms with van der Waals surface area (Å²) in [5.41, 5.74) is 1.10. The summed E-state index contributed by atoms with van der Waals surface area (Å²) >= 11 is 1.82. The van der Waals surface area contributed by atoms with E-state index < -0.39 is 0 Å². The van der Waals surface area contributed by atoms with E-state index >= 15 is 0 Å². The molecule has 0 saturated carbocycles. The maximum atomic E-state index is 12.6. The number of piperazine rings is 1. The lowest BCUT2D eigenvalue weighted by atomic mass is 10.1. The molecule has 1 fully saturated rings. The molecule has 5 nitrogen and oxygen atoms in total. The van der Waals surface area contributed by atoms with E-state index in [0.717, 1.165) is 32.7 Å². The monoisotopic (exact) mass is 356 g/mol. The largest absolute Gasteiger partial charge is 0.321 e. The van der Waals surface area contributed by atoms with Crippen molar-refractivity contribution >= 4 is 22.9 Å². The molecule has 0 radical (unpaired) electrons. The Morgan fingerprint density at radius 1 is 1.24 bits per heavy atom. The molecule has 6 heteroatoms. The summed E-state index contributed by atoms with van der Waals surface area (Å²) in [4.78, 5) is 16.9. The van der Waals surface area contributed by atoms with Crippen LogP contribution in [0.15, 0.2) is 41.8 Å². The number of anilines is 1. The standard InChI is InChI=1S/C19H22N4OS/c1-15(19(24)21-18-7-3-2-5-16(18)13-20)23-10-8-22(9-11-23)14-17-6-4-12-25-17/h2-7,12,15H,8-11,14H2,1H3,(H,21,24)/p+2/t15-/m1/s1. The molecule has 0 unspecified atom stereocenters. The summed E-state index contributed by atoms with van der Waals surface area (Å²) in [7, 11) is 0. The number of hydrogen-bond acceptors (Lipinski definition) is 3. The smallest absolute Gasteiger partial charge is 0.282 e. The number of nitriles is 1. The van der Waals surface area contributed by atoms with E-state index in [-0.39, 0.29) is 11.9 Å². The molecule has 1 atom stereocenters. The van der Waals surface area contributed by atoms with Crippen LogP contribution in [-0.4, -0.2) is 38.1 Å². The van der Waals surface area contributed by atoms with Crippen LogP contribution >= 0.6 is 11.3 Å². The number of benzene rings is 1. The van der Waals surface area contributed by atoms with Crippen molar-refractivity contribution in [2.75, 3.05) is 31.5 Å². The molecule has 1 aromatic carbocycles. The number of thiophene rings is 1. The zero-order valence-electron chi connectivity index (χ0n) is 14.4. The Hall–Kier alpha value is -2.20. The summed E-state index contributed by atoms with van der Waals surface area (Å²) in [5.74, 6) is -0.0144. The van der Waals surface area contributed by atoms with E-state index in [4.69, 9.17) is 5.26 Å². The van der Waals surface area contributed by atoms with Gasteiger partial charge in [-0.15, -0.1) is 11.3 Å². The van der Waals surface area contributed by atoms with E-state index in [1.54, 1.807) is 23.1 Å². The van der Waals surface area contributed by atoms with Gasteiger partial charge in [-0.05, 0) is 30.5 Å². The Balaban J connectivity index is 1.52. The minimum atomic E-state index is -0.116. The average Bonchev–Trinajstić information content (AvgIpc) is 3.15. The van der Waals surface area contributed by atoms with Crippen molar-refractivity contribution in [3.05, 3.63) is 52.2 Å². The first kappa shape index (κ1) is 17.6. The van der Waals surface area contributed by atoms with Gasteiger partial charge in [-0.3, -0.25) is 4.79 Å². The third-order valence-electron chi connectivity index (χ3n) is 4.91. The lowest BCUT2D eigenvalue weighted by molar-refractivity contribution is -1.02. The van der Waals surface area contributed by atoms with Crippen molar-refractivity contribution in [3.8, 4) is 6.07 Å². The Labute approximate surface area is 152 Å². The van der Waals surface area contributed by atoms with E-state index in [2.05, 4.69) is 28.9 Å². The minimum Gasteiger partial charge on any atom is -0.321 e. The molecule has 130 valence electrons. The van der Waals surface area contributed by atoms with Gasteiger partial charge in [0.2, 0.25) is 0 Å². The normalized spacial score (nSPS) is 21.3. The number of para-hydroxylation sites is 1. The quantitative estimate of drug-likeness (QED) is 0.702. The van der Waals surface area contributed by atoms with Gasteiger partial charge in [0.1, 0.15) is 38.8 Å². The Bertz CT molecular complexity index is 745. The van der Waals surface area contributed by atoms with Crippen LogP contribution in [0, 0.1) is 11.3 Å². The van der Waals surface area contributed by atoms with E-state index in [1.165, 1.54) is 9.78 Å². The van der Waals surface area contributed by atoms with Crippen LogP contribution in [0.5, 0.6) is 0 Å². The van der Waals surface area contributed by atoms with Crippen molar-refractivity contribution in [2.24, 2.45) is 0 Å². The fraction of sp³-hybridized carbons (Fsp3) is 0.368. The first-order chi connectivity index (χ1) is 12.2. The second-order valence-corrected chi connectivity index (χ2v) is 7.56. The van der Waals surface area contributed by atoms with E-state index in [0.29, 0.717) is 11.3 Å². The maximum Gasteiger partial charge on any atom is 0.282 e. The molecular weight excluding hydrogens is 332 g/mol. The van der Waals surface area contributed by atoms with Gasteiger partial charge in [0.25, 0.3) is 5.91 Å². The predicted molar refractivity (Wildman–Crippen MR) is 98.7 cm³/mol. The average molecular weight is 356 g/mol. The van der Waals surface area contributed by atoms with Crippen molar-refractivity contribution in [1.29, 1.82) is 5.26 Å². The van der Waals surface area contributed by atoms with E-state index in [1.807, 2.05) is 24.3 Å². The molecule has 3 rings (SSSR count). The van der Waals surface area contributed by atoms with E-state index in [9.17, 15) is 4.79 Å². The molecule has 0 bridgehead atoms. The van der Waals surface area contributed by atoms with Crippen LogP contribution in [0.3, 0.4) is 0 Å². The Morgan fingerprint density at radius 3 is 2.68 bits per heavy atom. The van der Waals surface area contributed by atoms with Gasteiger partial charge in [-0.2, -0.15) is 5.26 Å². The number of quaternary nitrogens is 2. The van der Waals surface area contributed by atoms with Gasteiger partial charge >= 0.3 is 0 Å². The Kier molecular flexibility index (Phi) is 5.82. The van der Waals surface area contributed by atoms with Crippen LogP contribution in [0.4, 0.5) is 5.69 Å². The summed E-state index contributed by atoms with van der Waals surface area (Å²) in [6, 6.07) is 13.4. The SMILES string of the molecule is C[C@H](C(=O)Nc1ccccc1C#N)[NH+]1CC[NH+](Cc2cccs2)CC1. The highest BCUT2D eigenvalue weighted by molar-refractivity contribution is 7.09. The predicted octanol–water partition coefficient (Wildman–Crippen LogP) is -0.0696. The number of rotatable bonds is 5. The molecule has 3 N–H and O–H groups in total. The number of carbonyl (C=O) groups is 1. The lowest BCUT2D eigenvalue weighted by Gasteiger charge is -2.32. The fourth-order valence-electron chi connectivity index (χ4n) is 3.31. The topological polar surface area (TPSA) is 61.8 Å². The molecule has 1 aromatic heterocycles. The summed E-state index contributed by atoms with van der Waals surface area (Å²) in [6.07, 6.45) is 0. The molecule has 0 spiro atoms. The molecular formula is C19H24N4OS+2. The number of hydrogen-bond donors (Lipinski definition) is 3. The number of amides is 1. The van der Waals surface area contributed by atoms with Gasteiger partial charge in [0.15, 0.2) is 6.04 Å². The van der Waals surface area contributed by atoms with Crippen LogP contribution < -0.4 is 15.1 Å². The molecule has 1 amide bonds. The van der Waals surface area contributed by atoms with Crippen LogP contribution in [0.25, 0.3) is 0 Å². The van der Waals surface area contributed by atoms with Gasteiger partial charge in [-0.25, -0.2) is 0 Å². The highest BCUT2D eigenvalue weighted by Crippen LogP contribution is 2.13. The van der Waals surface area contributed by atoms with Gasteiger partial charge < -0.3 is 15.1 Å². The second kappa shape index (κ2) is 8.26. The van der Waals surface area contributed by atoms with Crippen molar-refractivity contribution < 1.29 is 14.6 Å². The van der Waals surface area contributed by atoms with Crippen LogP contribution in [0.1, 0.15) is 17.4 Å². The molecule has 1 saturated heterocycles. The molecule has 2 aromatic rings. The van der Waals surface area contributed by atoms with Gasteiger partial charge in [0, 0.05) is 0 Å². The summed E-state index contributed by atoms with van der Waals surface area (Å²) in [5, 5.41) is 14.2. The fourth-order valence-corrected chi connectivity index (χ4v) is 4.09. The highest BCUT2D eigenvalue weighted by Gasteiger charge is 2.31. The molecule has 1 aliphatic heterocycles.